The Morgan fingerprint density at radius 2 is 1.86 bits per heavy atom. The van der Waals surface area contributed by atoms with Crippen LogP contribution in [0.3, 0.4) is 0 Å². The molecule has 0 unspecified atom stereocenters. The van der Waals surface area contributed by atoms with E-state index >= 15 is 0 Å². The Morgan fingerprint density at radius 3 is 2.54 bits per heavy atom. The zero-order valence-electron chi connectivity index (χ0n) is 17.1. The largest absolute Gasteiger partial charge is 0.354 e. The van der Waals surface area contributed by atoms with E-state index in [1.54, 1.807) is 4.90 Å². The normalized spacial score (nSPS) is 17.8. The molecule has 3 rings (SSSR count). The van der Waals surface area contributed by atoms with Gasteiger partial charge in [-0.2, -0.15) is 0 Å². The molecule has 148 valence electrons. The molecule has 0 spiro atoms. The van der Waals surface area contributed by atoms with Crippen LogP contribution in [0.4, 0.5) is 5.69 Å². The van der Waals surface area contributed by atoms with Gasteiger partial charge in [0, 0.05) is 25.2 Å². The van der Waals surface area contributed by atoms with Crippen molar-refractivity contribution in [2.24, 2.45) is 5.92 Å². The molecule has 0 aromatic heterocycles. The highest BCUT2D eigenvalue weighted by Crippen LogP contribution is 2.29. The summed E-state index contributed by atoms with van der Waals surface area (Å²) in [7, 11) is 4.01. The van der Waals surface area contributed by atoms with Crippen LogP contribution in [-0.4, -0.2) is 43.9 Å². The van der Waals surface area contributed by atoms with E-state index in [0.717, 1.165) is 22.4 Å². The fourth-order valence-corrected chi connectivity index (χ4v) is 3.76. The number of hydrogen-bond donors (Lipinski definition) is 1. The van der Waals surface area contributed by atoms with Crippen molar-refractivity contribution >= 4 is 17.5 Å². The van der Waals surface area contributed by atoms with Gasteiger partial charge in [0.2, 0.25) is 11.8 Å². The first kappa shape index (κ1) is 20.1. The summed E-state index contributed by atoms with van der Waals surface area (Å²) >= 11 is 0. The minimum absolute atomic E-state index is 0.0149. The van der Waals surface area contributed by atoms with Crippen molar-refractivity contribution in [3.05, 3.63) is 65.2 Å². The molecule has 0 bridgehead atoms. The summed E-state index contributed by atoms with van der Waals surface area (Å²) in [5.74, 6) is -0.351. The highest BCUT2D eigenvalue weighted by atomic mass is 16.2. The standard InChI is InChI=1S/C23H29N3O2/c1-16-9-8-12-20(17(16)2)26-15-19(13-22(26)27)23(28)24-14-21(25(3)4)18-10-6-5-7-11-18/h5-12,19,21H,13-15H2,1-4H3,(H,24,28)/t19-,21+/m1/s1. The minimum Gasteiger partial charge on any atom is -0.354 e. The molecule has 2 aromatic rings. The zero-order valence-corrected chi connectivity index (χ0v) is 17.1. The quantitative estimate of drug-likeness (QED) is 0.839. The van der Waals surface area contributed by atoms with Crippen molar-refractivity contribution < 1.29 is 9.59 Å². The Morgan fingerprint density at radius 1 is 1.14 bits per heavy atom. The zero-order chi connectivity index (χ0) is 20.3. The van der Waals surface area contributed by atoms with Crippen molar-refractivity contribution in [1.82, 2.24) is 10.2 Å². The first-order chi connectivity index (χ1) is 13.4. The number of rotatable bonds is 6. The van der Waals surface area contributed by atoms with Crippen LogP contribution in [0.5, 0.6) is 0 Å². The van der Waals surface area contributed by atoms with Gasteiger partial charge in [0.05, 0.1) is 12.0 Å². The number of likely N-dealkylation sites (N-methyl/N-ethyl adjacent to an activating group) is 1. The van der Waals surface area contributed by atoms with E-state index in [4.69, 9.17) is 0 Å². The maximum absolute atomic E-state index is 12.8. The maximum Gasteiger partial charge on any atom is 0.227 e. The molecule has 0 saturated carbocycles. The van der Waals surface area contributed by atoms with Gasteiger partial charge >= 0.3 is 0 Å². The second-order valence-corrected chi connectivity index (χ2v) is 7.76. The lowest BCUT2D eigenvalue weighted by Crippen LogP contribution is -2.38. The molecule has 2 aromatic carbocycles. The van der Waals surface area contributed by atoms with E-state index in [9.17, 15) is 9.59 Å². The van der Waals surface area contributed by atoms with E-state index in [-0.39, 0.29) is 30.2 Å². The number of aryl methyl sites for hydroxylation is 1. The number of nitrogens with zero attached hydrogens (tertiary/aromatic N) is 2. The molecule has 2 atom stereocenters. The molecular weight excluding hydrogens is 350 g/mol. The lowest BCUT2D eigenvalue weighted by molar-refractivity contribution is -0.126. The number of nitrogens with one attached hydrogen (secondary N) is 1. The number of carbonyl (C=O) groups is 2. The monoisotopic (exact) mass is 379 g/mol. The smallest absolute Gasteiger partial charge is 0.227 e. The van der Waals surface area contributed by atoms with Gasteiger partial charge in [-0.25, -0.2) is 0 Å². The second-order valence-electron chi connectivity index (χ2n) is 7.76. The molecule has 1 aliphatic heterocycles. The predicted molar refractivity (Wildman–Crippen MR) is 112 cm³/mol. The van der Waals surface area contributed by atoms with Gasteiger partial charge in [0.15, 0.2) is 0 Å². The van der Waals surface area contributed by atoms with Crippen LogP contribution in [0.2, 0.25) is 0 Å². The van der Waals surface area contributed by atoms with Crippen LogP contribution in [-0.2, 0) is 9.59 Å². The molecule has 1 N–H and O–H groups in total. The Kier molecular flexibility index (Phi) is 6.15. The van der Waals surface area contributed by atoms with Crippen LogP contribution < -0.4 is 10.2 Å². The third-order valence-corrected chi connectivity index (χ3v) is 5.64. The molecule has 1 aliphatic rings. The molecule has 1 saturated heterocycles. The Labute approximate surface area is 167 Å². The first-order valence-electron chi connectivity index (χ1n) is 9.74. The SMILES string of the molecule is Cc1cccc(N2C[C@H](C(=O)NC[C@@H](c3ccccc3)N(C)C)CC2=O)c1C. The summed E-state index contributed by atoms with van der Waals surface area (Å²) in [4.78, 5) is 29.2. The molecule has 2 amide bonds. The highest BCUT2D eigenvalue weighted by Gasteiger charge is 2.36. The van der Waals surface area contributed by atoms with Crippen molar-refractivity contribution in [2.45, 2.75) is 26.3 Å². The molecule has 5 heteroatoms. The van der Waals surface area contributed by atoms with Gasteiger partial charge in [-0.05, 0) is 50.7 Å². The average molecular weight is 380 g/mol. The van der Waals surface area contributed by atoms with E-state index in [0.29, 0.717) is 13.1 Å². The molecule has 1 heterocycles. The number of amides is 2. The summed E-state index contributed by atoms with van der Waals surface area (Å²) in [5.41, 5.74) is 4.31. The topological polar surface area (TPSA) is 52.7 Å². The third kappa shape index (κ3) is 4.25. The number of benzene rings is 2. The summed E-state index contributed by atoms with van der Waals surface area (Å²) in [5, 5.41) is 3.06. The summed E-state index contributed by atoms with van der Waals surface area (Å²) < 4.78 is 0. The highest BCUT2D eigenvalue weighted by molar-refractivity contribution is 6.00. The molecule has 0 radical (unpaired) electrons. The molecule has 28 heavy (non-hydrogen) atoms. The number of anilines is 1. The summed E-state index contributed by atoms with van der Waals surface area (Å²) in [6.45, 7) is 5.01. The second kappa shape index (κ2) is 8.57. The fraction of sp³-hybridized carbons (Fsp3) is 0.391. The third-order valence-electron chi connectivity index (χ3n) is 5.64. The van der Waals surface area contributed by atoms with Crippen molar-refractivity contribution in [1.29, 1.82) is 0 Å². The Bertz CT molecular complexity index is 848. The van der Waals surface area contributed by atoms with E-state index in [2.05, 4.69) is 22.3 Å². The van der Waals surface area contributed by atoms with Crippen LogP contribution >= 0.6 is 0 Å². The molecule has 1 fully saturated rings. The van der Waals surface area contributed by atoms with E-state index in [1.165, 1.54) is 0 Å². The van der Waals surface area contributed by atoms with Gasteiger partial charge in [0.25, 0.3) is 0 Å². The van der Waals surface area contributed by atoms with Crippen LogP contribution in [0, 0.1) is 19.8 Å². The van der Waals surface area contributed by atoms with E-state index in [1.807, 2.05) is 64.3 Å². The lowest BCUT2D eigenvalue weighted by atomic mass is 10.0. The van der Waals surface area contributed by atoms with Gasteiger partial charge in [-0.15, -0.1) is 0 Å². The average Bonchev–Trinajstić information content (AvgIpc) is 3.06. The molecule has 5 nitrogen and oxygen atoms in total. The van der Waals surface area contributed by atoms with Crippen LogP contribution in [0.25, 0.3) is 0 Å². The lowest BCUT2D eigenvalue weighted by Gasteiger charge is -2.26. The number of carbonyl (C=O) groups excluding carboxylic acids is 2. The van der Waals surface area contributed by atoms with Gasteiger partial charge < -0.3 is 15.1 Å². The fourth-order valence-electron chi connectivity index (χ4n) is 3.76. The summed E-state index contributed by atoms with van der Waals surface area (Å²) in [6, 6.07) is 16.2. The van der Waals surface area contributed by atoms with Crippen molar-refractivity contribution in [2.75, 3.05) is 32.1 Å². The van der Waals surface area contributed by atoms with Crippen LogP contribution in [0.15, 0.2) is 48.5 Å². The van der Waals surface area contributed by atoms with Crippen molar-refractivity contribution in [3.63, 3.8) is 0 Å². The van der Waals surface area contributed by atoms with Gasteiger partial charge in [-0.3, -0.25) is 9.59 Å². The van der Waals surface area contributed by atoms with E-state index < -0.39 is 0 Å². The van der Waals surface area contributed by atoms with Crippen LogP contribution in [0.1, 0.15) is 29.2 Å². The predicted octanol–water partition coefficient (Wildman–Crippen LogP) is 3.08. The van der Waals surface area contributed by atoms with Crippen molar-refractivity contribution in [3.8, 4) is 0 Å². The number of hydrogen-bond acceptors (Lipinski definition) is 3. The van der Waals surface area contributed by atoms with Gasteiger partial charge in [0.1, 0.15) is 0 Å². The first-order valence-corrected chi connectivity index (χ1v) is 9.74. The molecule has 0 aliphatic carbocycles. The Hall–Kier alpha value is -2.66. The Balaban J connectivity index is 1.65. The summed E-state index contributed by atoms with van der Waals surface area (Å²) in [6.07, 6.45) is 0.261. The maximum atomic E-state index is 12.8. The minimum atomic E-state index is -0.314. The van der Waals surface area contributed by atoms with Gasteiger partial charge in [-0.1, -0.05) is 42.5 Å². The molecular formula is C23H29N3O2.